The van der Waals surface area contributed by atoms with E-state index in [4.69, 9.17) is 11.6 Å². The minimum atomic E-state index is 0.881. The van der Waals surface area contributed by atoms with Gasteiger partial charge in [-0.1, -0.05) is 36.7 Å². The molecule has 3 heteroatoms. The monoisotopic (exact) mass is 243 g/mol. The van der Waals surface area contributed by atoms with Crippen molar-refractivity contribution in [3.8, 4) is 0 Å². The highest BCUT2D eigenvalue weighted by Crippen LogP contribution is 2.20. The Labute approximate surface area is 102 Å². The normalized spacial score (nSPS) is 10.5. The van der Waals surface area contributed by atoms with Crippen molar-refractivity contribution in [1.82, 2.24) is 5.32 Å². The highest BCUT2D eigenvalue weighted by Gasteiger charge is 1.98. The summed E-state index contributed by atoms with van der Waals surface area (Å²) in [5, 5.41) is 4.26. The van der Waals surface area contributed by atoms with Crippen LogP contribution in [-0.4, -0.2) is 18.8 Å². The van der Waals surface area contributed by atoms with Gasteiger partial charge in [0.2, 0.25) is 0 Å². The van der Waals surface area contributed by atoms with Crippen LogP contribution in [-0.2, 0) is 5.75 Å². The highest BCUT2D eigenvalue weighted by atomic mass is 35.5. The summed E-state index contributed by atoms with van der Waals surface area (Å²) < 4.78 is 0. The average molecular weight is 244 g/mol. The number of rotatable bonds is 7. The van der Waals surface area contributed by atoms with E-state index in [1.165, 1.54) is 12.0 Å². The van der Waals surface area contributed by atoms with Gasteiger partial charge in [0, 0.05) is 23.1 Å². The van der Waals surface area contributed by atoms with Gasteiger partial charge in [-0.2, -0.15) is 11.8 Å². The molecule has 0 aromatic heterocycles. The van der Waals surface area contributed by atoms with Crippen LogP contribution in [0.5, 0.6) is 0 Å². The third-order valence-corrected chi connectivity index (χ3v) is 3.44. The summed E-state index contributed by atoms with van der Waals surface area (Å²) in [4.78, 5) is 0. The van der Waals surface area contributed by atoms with Crippen molar-refractivity contribution in [2.45, 2.75) is 19.1 Å². The smallest absolute Gasteiger partial charge is 0.0446 e. The van der Waals surface area contributed by atoms with Gasteiger partial charge in [0.25, 0.3) is 0 Å². The van der Waals surface area contributed by atoms with Gasteiger partial charge in [0.1, 0.15) is 0 Å². The van der Waals surface area contributed by atoms with E-state index in [-0.39, 0.29) is 0 Å². The molecular formula is C12H18ClNS. The molecule has 0 spiro atoms. The van der Waals surface area contributed by atoms with E-state index in [0.717, 1.165) is 29.6 Å². The van der Waals surface area contributed by atoms with Gasteiger partial charge in [0.05, 0.1) is 0 Å². The standard InChI is InChI=1S/C12H18ClNS/c1-2-7-14-8-9-15-10-11-5-3-4-6-12(11)13/h3-6,14H,2,7-10H2,1H3. The van der Waals surface area contributed by atoms with Gasteiger partial charge in [-0.25, -0.2) is 0 Å². The zero-order valence-corrected chi connectivity index (χ0v) is 10.7. The second-order valence-corrected chi connectivity index (χ2v) is 4.91. The summed E-state index contributed by atoms with van der Waals surface area (Å²) in [7, 11) is 0. The number of hydrogen-bond acceptors (Lipinski definition) is 2. The van der Waals surface area contributed by atoms with Crippen LogP contribution in [0.2, 0.25) is 5.02 Å². The fourth-order valence-corrected chi connectivity index (χ4v) is 2.43. The third kappa shape index (κ3) is 5.45. The van der Waals surface area contributed by atoms with Gasteiger partial charge in [0.15, 0.2) is 0 Å². The van der Waals surface area contributed by atoms with Gasteiger partial charge < -0.3 is 5.32 Å². The van der Waals surface area contributed by atoms with Crippen molar-refractivity contribution in [3.63, 3.8) is 0 Å². The van der Waals surface area contributed by atoms with E-state index in [9.17, 15) is 0 Å². The van der Waals surface area contributed by atoms with Gasteiger partial charge in [-0.3, -0.25) is 0 Å². The highest BCUT2D eigenvalue weighted by molar-refractivity contribution is 7.98. The van der Waals surface area contributed by atoms with Gasteiger partial charge in [-0.15, -0.1) is 0 Å². The Balaban J connectivity index is 2.12. The first-order valence-corrected chi connectivity index (χ1v) is 6.89. The molecule has 0 saturated carbocycles. The first-order chi connectivity index (χ1) is 7.34. The Hall–Kier alpha value is -0.180. The fraction of sp³-hybridized carbons (Fsp3) is 0.500. The van der Waals surface area contributed by atoms with Crippen LogP contribution >= 0.6 is 23.4 Å². The number of hydrogen-bond donors (Lipinski definition) is 1. The molecule has 0 fully saturated rings. The molecule has 0 saturated heterocycles. The fourth-order valence-electron chi connectivity index (χ4n) is 1.24. The quantitative estimate of drug-likeness (QED) is 0.735. The minimum Gasteiger partial charge on any atom is -0.316 e. The largest absolute Gasteiger partial charge is 0.316 e. The molecule has 1 nitrogen and oxygen atoms in total. The molecule has 0 atom stereocenters. The Kier molecular flexibility index (Phi) is 6.90. The van der Waals surface area contributed by atoms with Gasteiger partial charge >= 0.3 is 0 Å². The predicted molar refractivity (Wildman–Crippen MR) is 70.8 cm³/mol. The Morgan fingerprint density at radius 1 is 1.27 bits per heavy atom. The second-order valence-electron chi connectivity index (χ2n) is 3.39. The van der Waals surface area contributed by atoms with E-state index in [1.807, 2.05) is 30.0 Å². The molecule has 1 aromatic carbocycles. The van der Waals surface area contributed by atoms with Crippen LogP contribution in [0.1, 0.15) is 18.9 Å². The Morgan fingerprint density at radius 2 is 2.07 bits per heavy atom. The first kappa shape index (κ1) is 12.9. The van der Waals surface area contributed by atoms with E-state index in [1.54, 1.807) is 0 Å². The summed E-state index contributed by atoms with van der Waals surface area (Å²) in [6.45, 7) is 4.39. The van der Waals surface area contributed by atoms with Crippen molar-refractivity contribution < 1.29 is 0 Å². The summed E-state index contributed by atoms with van der Waals surface area (Å²) in [5.41, 5.74) is 1.24. The molecule has 1 rings (SSSR count). The number of halogens is 1. The molecule has 0 aliphatic rings. The van der Waals surface area contributed by atoms with Crippen molar-refractivity contribution in [2.75, 3.05) is 18.8 Å². The molecule has 1 aromatic rings. The average Bonchev–Trinajstić information content (AvgIpc) is 2.25. The van der Waals surface area contributed by atoms with Crippen LogP contribution in [0.15, 0.2) is 24.3 Å². The number of thioether (sulfide) groups is 1. The lowest BCUT2D eigenvalue weighted by atomic mass is 10.2. The van der Waals surface area contributed by atoms with Crippen molar-refractivity contribution in [2.24, 2.45) is 0 Å². The number of benzene rings is 1. The minimum absolute atomic E-state index is 0.881. The summed E-state index contributed by atoms with van der Waals surface area (Å²) in [6.07, 6.45) is 1.20. The maximum Gasteiger partial charge on any atom is 0.0446 e. The predicted octanol–water partition coefficient (Wildman–Crippen LogP) is 3.57. The van der Waals surface area contributed by atoms with Crippen molar-refractivity contribution in [3.05, 3.63) is 34.9 Å². The van der Waals surface area contributed by atoms with E-state index in [0.29, 0.717) is 0 Å². The molecule has 15 heavy (non-hydrogen) atoms. The maximum absolute atomic E-state index is 6.06. The van der Waals surface area contributed by atoms with Gasteiger partial charge in [-0.05, 0) is 24.6 Å². The molecule has 0 amide bonds. The Bertz CT molecular complexity index is 278. The lowest BCUT2D eigenvalue weighted by Crippen LogP contribution is -2.17. The SMILES string of the molecule is CCCNCCSCc1ccccc1Cl. The summed E-state index contributed by atoms with van der Waals surface area (Å²) >= 11 is 7.98. The molecular weight excluding hydrogens is 226 g/mol. The lowest BCUT2D eigenvalue weighted by Gasteiger charge is -2.04. The van der Waals surface area contributed by atoms with Crippen LogP contribution in [0.25, 0.3) is 0 Å². The van der Waals surface area contributed by atoms with Crippen LogP contribution in [0, 0.1) is 0 Å². The van der Waals surface area contributed by atoms with Crippen molar-refractivity contribution in [1.29, 1.82) is 0 Å². The maximum atomic E-state index is 6.06. The summed E-state index contributed by atoms with van der Waals surface area (Å²) in [5.74, 6) is 2.15. The molecule has 0 bridgehead atoms. The van der Waals surface area contributed by atoms with E-state index < -0.39 is 0 Å². The van der Waals surface area contributed by atoms with Crippen molar-refractivity contribution >= 4 is 23.4 Å². The van der Waals surface area contributed by atoms with Crippen LogP contribution in [0.3, 0.4) is 0 Å². The lowest BCUT2D eigenvalue weighted by molar-refractivity contribution is 0.707. The molecule has 0 radical (unpaired) electrons. The molecule has 0 aliphatic heterocycles. The van der Waals surface area contributed by atoms with E-state index in [2.05, 4.69) is 18.3 Å². The molecule has 1 N–H and O–H groups in total. The molecule has 0 unspecified atom stereocenters. The zero-order chi connectivity index (χ0) is 10.9. The van der Waals surface area contributed by atoms with Crippen LogP contribution in [0.4, 0.5) is 0 Å². The Morgan fingerprint density at radius 3 is 2.80 bits per heavy atom. The summed E-state index contributed by atoms with van der Waals surface area (Å²) in [6, 6.07) is 8.05. The topological polar surface area (TPSA) is 12.0 Å². The second kappa shape index (κ2) is 8.03. The molecule has 84 valence electrons. The van der Waals surface area contributed by atoms with E-state index >= 15 is 0 Å². The molecule has 0 aliphatic carbocycles. The zero-order valence-electron chi connectivity index (χ0n) is 9.13. The molecule has 0 heterocycles. The first-order valence-electron chi connectivity index (χ1n) is 5.36. The number of nitrogens with one attached hydrogen (secondary N) is 1. The van der Waals surface area contributed by atoms with Crippen LogP contribution < -0.4 is 5.32 Å². The third-order valence-electron chi connectivity index (χ3n) is 2.07.